The molecule has 2 atom stereocenters. The summed E-state index contributed by atoms with van der Waals surface area (Å²) in [4.78, 5) is 13.0. The SMILES string of the molecule is O=C(NCCS(=O)(=O)c1ccccc1)[C@@]12CCCC[C@H]1CNC2. The van der Waals surface area contributed by atoms with Crippen LogP contribution in [-0.4, -0.2) is 39.7 Å². The van der Waals surface area contributed by atoms with Gasteiger partial charge < -0.3 is 10.6 Å². The Labute approximate surface area is 137 Å². The Hall–Kier alpha value is -1.40. The number of benzene rings is 1. The van der Waals surface area contributed by atoms with Crippen LogP contribution in [-0.2, 0) is 14.6 Å². The Morgan fingerprint density at radius 2 is 2.04 bits per heavy atom. The number of nitrogens with one attached hydrogen (secondary N) is 2. The second-order valence-electron chi connectivity index (χ2n) is 6.62. The summed E-state index contributed by atoms with van der Waals surface area (Å²) in [7, 11) is -3.34. The van der Waals surface area contributed by atoms with E-state index >= 15 is 0 Å². The first-order valence-electron chi connectivity index (χ1n) is 8.31. The molecule has 2 N–H and O–H groups in total. The van der Waals surface area contributed by atoms with Crippen LogP contribution in [0.5, 0.6) is 0 Å². The van der Waals surface area contributed by atoms with Crippen LogP contribution in [0.1, 0.15) is 25.7 Å². The summed E-state index contributed by atoms with van der Waals surface area (Å²) in [6.07, 6.45) is 4.25. The van der Waals surface area contributed by atoms with Crippen LogP contribution in [0.15, 0.2) is 35.2 Å². The number of rotatable bonds is 5. The molecule has 2 fully saturated rings. The monoisotopic (exact) mass is 336 g/mol. The second-order valence-corrected chi connectivity index (χ2v) is 8.73. The van der Waals surface area contributed by atoms with E-state index in [2.05, 4.69) is 10.6 Å². The first kappa shape index (κ1) is 16.5. The highest BCUT2D eigenvalue weighted by atomic mass is 32.2. The fourth-order valence-corrected chi connectivity index (χ4v) is 5.09. The zero-order chi connectivity index (χ0) is 16.3. The van der Waals surface area contributed by atoms with Crippen molar-refractivity contribution in [2.24, 2.45) is 11.3 Å². The molecular weight excluding hydrogens is 312 g/mol. The van der Waals surface area contributed by atoms with E-state index in [1.807, 2.05) is 0 Å². The molecule has 6 heteroatoms. The summed E-state index contributed by atoms with van der Waals surface area (Å²) in [5, 5.41) is 6.22. The Balaban J connectivity index is 1.59. The Kier molecular flexibility index (Phi) is 4.73. The molecular formula is C17H24N2O3S. The van der Waals surface area contributed by atoms with Crippen molar-refractivity contribution in [2.75, 3.05) is 25.4 Å². The standard InChI is InChI=1S/C17H24N2O3S/c20-16(17-9-5-4-6-14(17)12-18-13-17)19-10-11-23(21,22)15-7-2-1-3-8-15/h1-3,7-8,14,18H,4-6,9-13H2,(H,19,20)/t14-,17+/m0/s1. The quantitative estimate of drug-likeness (QED) is 0.851. The highest BCUT2D eigenvalue weighted by Crippen LogP contribution is 2.43. The molecule has 126 valence electrons. The van der Waals surface area contributed by atoms with E-state index in [9.17, 15) is 13.2 Å². The van der Waals surface area contributed by atoms with E-state index in [0.29, 0.717) is 10.8 Å². The summed E-state index contributed by atoms with van der Waals surface area (Å²) in [5.41, 5.74) is -0.325. The summed E-state index contributed by atoms with van der Waals surface area (Å²) >= 11 is 0. The van der Waals surface area contributed by atoms with E-state index in [4.69, 9.17) is 0 Å². The van der Waals surface area contributed by atoms with E-state index in [-0.39, 0.29) is 23.6 Å². The molecule has 0 spiro atoms. The number of amides is 1. The topological polar surface area (TPSA) is 75.3 Å². The molecule has 0 radical (unpaired) electrons. The molecule has 1 aromatic rings. The van der Waals surface area contributed by atoms with Crippen molar-refractivity contribution >= 4 is 15.7 Å². The smallest absolute Gasteiger partial charge is 0.227 e. The van der Waals surface area contributed by atoms with Gasteiger partial charge in [0.05, 0.1) is 16.1 Å². The Morgan fingerprint density at radius 1 is 1.26 bits per heavy atom. The van der Waals surface area contributed by atoms with Crippen LogP contribution in [0.4, 0.5) is 0 Å². The van der Waals surface area contributed by atoms with E-state index in [1.54, 1.807) is 30.3 Å². The van der Waals surface area contributed by atoms with Gasteiger partial charge in [0.25, 0.3) is 0 Å². The number of sulfone groups is 1. The number of fused-ring (bicyclic) bond motifs is 1. The average Bonchev–Trinajstić information content (AvgIpc) is 3.00. The van der Waals surface area contributed by atoms with Crippen LogP contribution in [0.2, 0.25) is 0 Å². The van der Waals surface area contributed by atoms with E-state index < -0.39 is 9.84 Å². The van der Waals surface area contributed by atoms with Gasteiger partial charge in [-0.25, -0.2) is 8.42 Å². The molecule has 1 saturated carbocycles. The first-order chi connectivity index (χ1) is 11.0. The molecule has 1 amide bonds. The maximum atomic E-state index is 12.7. The fraction of sp³-hybridized carbons (Fsp3) is 0.588. The molecule has 1 saturated heterocycles. The third kappa shape index (κ3) is 3.28. The van der Waals surface area contributed by atoms with Crippen molar-refractivity contribution < 1.29 is 13.2 Å². The third-order valence-electron chi connectivity index (χ3n) is 5.25. The molecule has 1 aliphatic carbocycles. The molecule has 23 heavy (non-hydrogen) atoms. The largest absolute Gasteiger partial charge is 0.355 e. The molecule has 5 nitrogen and oxygen atoms in total. The molecule has 2 aliphatic rings. The number of carbonyl (C=O) groups excluding carboxylic acids is 1. The fourth-order valence-electron chi connectivity index (χ4n) is 3.91. The molecule has 0 aromatic heterocycles. The van der Waals surface area contributed by atoms with Crippen molar-refractivity contribution in [2.45, 2.75) is 30.6 Å². The summed E-state index contributed by atoms with van der Waals surface area (Å²) in [6, 6.07) is 8.39. The van der Waals surface area contributed by atoms with Crippen molar-refractivity contribution in [1.82, 2.24) is 10.6 Å². The van der Waals surface area contributed by atoms with Crippen LogP contribution >= 0.6 is 0 Å². The lowest BCUT2D eigenvalue weighted by atomic mass is 9.67. The van der Waals surface area contributed by atoms with Gasteiger partial charge in [-0.15, -0.1) is 0 Å². The van der Waals surface area contributed by atoms with Gasteiger partial charge >= 0.3 is 0 Å². The van der Waals surface area contributed by atoms with Gasteiger partial charge in [-0.3, -0.25) is 4.79 Å². The van der Waals surface area contributed by atoms with Gasteiger partial charge in [-0.2, -0.15) is 0 Å². The van der Waals surface area contributed by atoms with Gasteiger partial charge in [-0.05, 0) is 37.4 Å². The zero-order valence-corrected chi connectivity index (χ0v) is 14.1. The molecule has 0 unspecified atom stereocenters. The number of carbonyl (C=O) groups is 1. The van der Waals surface area contributed by atoms with Gasteiger partial charge in [0.2, 0.25) is 5.91 Å². The zero-order valence-electron chi connectivity index (χ0n) is 13.3. The Bertz CT molecular complexity index is 660. The molecule has 0 bridgehead atoms. The molecule has 1 aliphatic heterocycles. The maximum Gasteiger partial charge on any atom is 0.227 e. The third-order valence-corrected chi connectivity index (χ3v) is 6.98. The van der Waals surface area contributed by atoms with Crippen molar-refractivity contribution in [3.05, 3.63) is 30.3 Å². The van der Waals surface area contributed by atoms with E-state index in [0.717, 1.165) is 32.4 Å². The van der Waals surface area contributed by atoms with Gasteiger partial charge in [-0.1, -0.05) is 31.0 Å². The van der Waals surface area contributed by atoms with Gasteiger partial charge in [0.15, 0.2) is 9.84 Å². The summed E-state index contributed by atoms with van der Waals surface area (Å²) in [5.74, 6) is 0.356. The average molecular weight is 336 g/mol. The lowest BCUT2D eigenvalue weighted by Gasteiger charge is -2.37. The summed E-state index contributed by atoms with van der Waals surface area (Å²) < 4.78 is 24.5. The highest BCUT2D eigenvalue weighted by molar-refractivity contribution is 7.91. The Morgan fingerprint density at radius 3 is 2.83 bits per heavy atom. The predicted molar refractivity (Wildman–Crippen MR) is 88.8 cm³/mol. The minimum atomic E-state index is -3.34. The minimum absolute atomic E-state index is 0.0236. The molecule has 1 heterocycles. The minimum Gasteiger partial charge on any atom is -0.355 e. The lowest BCUT2D eigenvalue weighted by molar-refractivity contribution is -0.133. The van der Waals surface area contributed by atoms with Crippen molar-refractivity contribution in [3.8, 4) is 0 Å². The first-order valence-corrected chi connectivity index (χ1v) is 9.97. The summed E-state index contributed by atoms with van der Waals surface area (Å²) in [6.45, 7) is 1.79. The molecule has 3 rings (SSSR count). The van der Waals surface area contributed by atoms with E-state index in [1.165, 1.54) is 6.42 Å². The van der Waals surface area contributed by atoms with Gasteiger partial charge in [0.1, 0.15) is 0 Å². The highest BCUT2D eigenvalue weighted by Gasteiger charge is 2.49. The predicted octanol–water partition coefficient (Wildman–Crippen LogP) is 1.36. The lowest BCUT2D eigenvalue weighted by Crippen LogP contribution is -2.48. The second kappa shape index (κ2) is 6.61. The number of hydrogen-bond acceptors (Lipinski definition) is 4. The normalized spacial score (nSPS) is 27.4. The van der Waals surface area contributed by atoms with Gasteiger partial charge in [0, 0.05) is 13.1 Å². The number of hydrogen-bond donors (Lipinski definition) is 2. The van der Waals surface area contributed by atoms with Crippen molar-refractivity contribution in [1.29, 1.82) is 0 Å². The van der Waals surface area contributed by atoms with Crippen molar-refractivity contribution in [3.63, 3.8) is 0 Å². The van der Waals surface area contributed by atoms with Crippen LogP contribution in [0.3, 0.4) is 0 Å². The van der Waals surface area contributed by atoms with Crippen LogP contribution < -0.4 is 10.6 Å². The molecule has 1 aromatic carbocycles. The van der Waals surface area contributed by atoms with Crippen LogP contribution in [0, 0.1) is 11.3 Å². The maximum absolute atomic E-state index is 12.7. The van der Waals surface area contributed by atoms with Crippen LogP contribution in [0.25, 0.3) is 0 Å².